The predicted octanol–water partition coefficient (Wildman–Crippen LogP) is 5.90. The molecule has 0 aliphatic heterocycles. The van der Waals surface area contributed by atoms with Gasteiger partial charge in [-0.3, -0.25) is 19.0 Å². The van der Waals surface area contributed by atoms with Crippen molar-refractivity contribution in [2.75, 3.05) is 5.32 Å². The number of fused-ring (bicyclic) bond motifs is 1. The van der Waals surface area contributed by atoms with Gasteiger partial charge in [-0.2, -0.15) is 0 Å². The van der Waals surface area contributed by atoms with Gasteiger partial charge in [0.25, 0.3) is 11.5 Å². The van der Waals surface area contributed by atoms with Crippen molar-refractivity contribution >= 4 is 17.4 Å². The van der Waals surface area contributed by atoms with Gasteiger partial charge in [-0.15, -0.1) is 0 Å². The van der Waals surface area contributed by atoms with Crippen molar-refractivity contribution in [3.8, 4) is 5.69 Å². The lowest BCUT2D eigenvalue weighted by Gasteiger charge is -2.32. The number of rotatable bonds is 6. The maximum Gasteiger partial charge on any atom is 0.268 e. The first kappa shape index (κ1) is 23.7. The summed E-state index contributed by atoms with van der Waals surface area (Å²) in [5.74, 6) is -0.547. The van der Waals surface area contributed by atoms with Crippen LogP contribution >= 0.6 is 0 Å². The van der Waals surface area contributed by atoms with Gasteiger partial charge in [0.1, 0.15) is 5.56 Å². The van der Waals surface area contributed by atoms with Crippen LogP contribution in [0.25, 0.3) is 5.69 Å². The standard InChI is InChI=1S/C29H32N2O3/c1-5-6-7-20-10-12-21(13-11-20)30-27(33)24-16-23-25(17-29(3,4)18-26(23)32)31(28(24)34)22-14-8-19(2)9-15-22/h8-16H,5-7,17-18H2,1-4H3,(H,30,33). The molecule has 5 heteroatoms. The van der Waals surface area contributed by atoms with E-state index in [-0.39, 0.29) is 16.8 Å². The van der Waals surface area contributed by atoms with E-state index in [1.807, 2.05) is 69.3 Å². The number of amides is 1. The Morgan fingerprint density at radius 2 is 1.68 bits per heavy atom. The molecular weight excluding hydrogens is 424 g/mol. The van der Waals surface area contributed by atoms with E-state index in [4.69, 9.17) is 0 Å². The van der Waals surface area contributed by atoms with E-state index in [1.165, 1.54) is 11.6 Å². The molecule has 1 N–H and O–H groups in total. The molecule has 1 aliphatic carbocycles. The van der Waals surface area contributed by atoms with Crippen LogP contribution in [0.4, 0.5) is 5.69 Å². The van der Waals surface area contributed by atoms with Crippen molar-refractivity contribution in [1.29, 1.82) is 0 Å². The number of aromatic nitrogens is 1. The van der Waals surface area contributed by atoms with Gasteiger partial charge in [-0.25, -0.2) is 0 Å². The number of aryl methyl sites for hydroxylation is 2. The molecule has 0 saturated heterocycles. The highest BCUT2D eigenvalue weighted by molar-refractivity contribution is 6.07. The molecule has 0 spiro atoms. The number of Topliss-reactive ketones (excluding diaryl/α,β-unsaturated/α-hetero) is 1. The number of hydrogen-bond acceptors (Lipinski definition) is 3. The molecule has 34 heavy (non-hydrogen) atoms. The minimum Gasteiger partial charge on any atom is -0.322 e. The van der Waals surface area contributed by atoms with Crippen molar-refractivity contribution in [3.05, 3.63) is 92.9 Å². The molecular formula is C29H32N2O3. The van der Waals surface area contributed by atoms with Crippen LogP contribution in [-0.4, -0.2) is 16.3 Å². The fraction of sp³-hybridized carbons (Fsp3) is 0.345. The maximum absolute atomic E-state index is 13.6. The number of carbonyl (C=O) groups is 2. The van der Waals surface area contributed by atoms with Crippen LogP contribution in [0, 0.1) is 12.3 Å². The first-order valence-corrected chi connectivity index (χ1v) is 12.0. The largest absolute Gasteiger partial charge is 0.322 e. The number of pyridine rings is 1. The van der Waals surface area contributed by atoms with Crippen LogP contribution in [0.15, 0.2) is 59.4 Å². The maximum atomic E-state index is 13.6. The second kappa shape index (κ2) is 9.41. The summed E-state index contributed by atoms with van der Waals surface area (Å²) in [4.78, 5) is 39.9. The average molecular weight is 457 g/mol. The number of ketones is 1. The molecule has 1 aliphatic rings. The fourth-order valence-corrected chi connectivity index (χ4v) is 4.58. The van der Waals surface area contributed by atoms with Crippen LogP contribution < -0.4 is 10.9 Å². The normalized spacial score (nSPS) is 14.5. The minimum absolute atomic E-state index is 0.0255. The van der Waals surface area contributed by atoms with Crippen LogP contribution in [0.5, 0.6) is 0 Å². The first-order valence-electron chi connectivity index (χ1n) is 12.0. The number of benzene rings is 2. The smallest absolute Gasteiger partial charge is 0.268 e. The van der Waals surface area contributed by atoms with Crippen LogP contribution in [-0.2, 0) is 12.8 Å². The summed E-state index contributed by atoms with van der Waals surface area (Å²) in [6.45, 7) is 8.19. The summed E-state index contributed by atoms with van der Waals surface area (Å²) < 4.78 is 1.55. The molecule has 2 aromatic carbocycles. The molecule has 0 atom stereocenters. The number of anilines is 1. The first-order chi connectivity index (χ1) is 16.2. The quantitative estimate of drug-likeness (QED) is 0.502. The zero-order chi connectivity index (χ0) is 24.5. The Hall–Kier alpha value is -3.47. The third-order valence-electron chi connectivity index (χ3n) is 6.46. The van der Waals surface area contributed by atoms with E-state index in [0.29, 0.717) is 35.5 Å². The lowest BCUT2D eigenvalue weighted by molar-refractivity contribution is 0.0909. The van der Waals surface area contributed by atoms with Crippen molar-refractivity contribution in [1.82, 2.24) is 4.57 Å². The summed E-state index contributed by atoms with van der Waals surface area (Å²) in [5, 5.41) is 2.84. The molecule has 176 valence electrons. The van der Waals surface area contributed by atoms with Gasteiger partial charge >= 0.3 is 0 Å². The zero-order valence-corrected chi connectivity index (χ0v) is 20.4. The van der Waals surface area contributed by atoms with Crippen molar-refractivity contribution in [3.63, 3.8) is 0 Å². The monoisotopic (exact) mass is 456 g/mol. The van der Waals surface area contributed by atoms with Crippen molar-refractivity contribution in [2.45, 2.75) is 59.8 Å². The average Bonchev–Trinajstić information content (AvgIpc) is 2.78. The second-order valence-electron chi connectivity index (χ2n) is 10.1. The molecule has 1 aromatic heterocycles. The highest BCUT2D eigenvalue weighted by Gasteiger charge is 2.35. The summed E-state index contributed by atoms with van der Waals surface area (Å²) in [6, 6.07) is 16.8. The van der Waals surface area contributed by atoms with Gasteiger partial charge in [0.2, 0.25) is 0 Å². The summed E-state index contributed by atoms with van der Waals surface area (Å²) in [5.41, 5.74) is 4.00. The lowest BCUT2D eigenvalue weighted by atomic mass is 9.75. The van der Waals surface area contributed by atoms with Crippen molar-refractivity contribution < 1.29 is 9.59 Å². The molecule has 4 rings (SSSR count). The Labute approximate surface area is 200 Å². The van der Waals surface area contributed by atoms with Gasteiger partial charge < -0.3 is 5.32 Å². The molecule has 0 radical (unpaired) electrons. The Kier molecular flexibility index (Phi) is 6.56. The van der Waals surface area contributed by atoms with Crippen LogP contribution in [0.1, 0.15) is 77.6 Å². The summed E-state index contributed by atoms with van der Waals surface area (Å²) in [6.07, 6.45) is 4.20. The van der Waals surface area contributed by atoms with E-state index < -0.39 is 11.5 Å². The Bertz CT molecular complexity index is 1280. The molecule has 1 amide bonds. The third kappa shape index (κ3) is 4.89. The number of hydrogen-bond donors (Lipinski definition) is 1. The number of nitrogens with zero attached hydrogens (tertiary/aromatic N) is 1. The van der Waals surface area contributed by atoms with Gasteiger partial charge in [0.15, 0.2) is 5.78 Å². The Balaban J connectivity index is 1.76. The predicted molar refractivity (Wildman–Crippen MR) is 136 cm³/mol. The Morgan fingerprint density at radius 1 is 1.00 bits per heavy atom. The minimum atomic E-state index is -0.507. The third-order valence-corrected chi connectivity index (χ3v) is 6.46. The molecule has 1 heterocycles. The highest BCUT2D eigenvalue weighted by atomic mass is 16.2. The molecule has 0 fully saturated rings. The SMILES string of the molecule is CCCCc1ccc(NC(=O)c2cc3c(n(-c4ccc(C)cc4)c2=O)CC(C)(C)CC3=O)cc1. The topological polar surface area (TPSA) is 68.2 Å². The van der Waals surface area contributed by atoms with E-state index in [2.05, 4.69) is 12.2 Å². The summed E-state index contributed by atoms with van der Waals surface area (Å²) >= 11 is 0. The molecule has 0 bridgehead atoms. The molecule has 0 saturated carbocycles. The molecule has 3 aromatic rings. The van der Waals surface area contributed by atoms with Gasteiger partial charge in [-0.1, -0.05) is 57.0 Å². The van der Waals surface area contributed by atoms with E-state index in [9.17, 15) is 14.4 Å². The Morgan fingerprint density at radius 3 is 2.32 bits per heavy atom. The molecule has 0 unspecified atom stereocenters. The van der Waals surface area contributed by atoms with E-state index >= 15 is 0 Å². The van der Waals surface area contributed by atoms with E-state index in [1.54, 1.807) is 4.57 Å². The van der Waals surface area contributed by atoms with Crippen LogP contribution in [0.3, 0.4) is 0 Å². The van der Waals surface area contributed by atoms with Gasteiger partial charge in [0, 0.05) is 29.1 Å². The zero-order valence-electron chi connectivity index (χ0n) is 20.4. The highest BCUT2D eigenvalue weighted by Crippen LogP contribution is 2.35. The summed E-state index contributed by atoms with van der Waals surface area (Å²) in [7, 11) is 0. The molecule has 5 nitrogen and oxygen atoms in total. The number of carbonyl (C=O) groups excluding carboxylic acids is 2. The second-order valence-corrected chi connectivity index (χ2v) is 10.1. The van der Waals surface area contributed by atoms with Crippen molar-refractivity contribution in [2.24, 2.45) is 5.41 Å². The number of unbranched alkanes of at least 4 members (excludes halogenated alkanes) is 1. The fourth-order valence-electron chi connectivity index (χ4n) is 4.58. The van der Waals surface area contributed by atoms with E-state index in [0.717, 1.165) is 24.8 Å². The van der Waals surface area contributed by atoms with Crippen LogP contribution in [0.2, 0.25) is 0 Å². The lowest BCUT2D eigenvalue weighted by Crippen LogP contribution is -2.37. The number of nitrogens with one attached hydrogen (secondary N) is 1. The van der Waals surface area contributed by atoms with Gasteiger partial charge in [-0.05, 0) is 67.5 Å². The van der Waals surface area contributed by atoms with Gasteiger partial charge in [0.05, 0.1) is 0 Å².